The molecule has 1 aromatic heterocycles. The van der Waals surface area contributed by atoms with Gasteiger partial charge in [-0.3, -0.25) is 20.4 Å². The van der Waals surface area contributed by atoms with Crippen LogP contribution in [0, 0.1) is 0 Å². The van der Waals surface area contributed by atoms with E-state index in [1.165, 1.54) is 0 Å². The van der Waals surface area contributed by atoms with Crippen molar-refractivity contribution < 1.29 is 9.59 Å². The van der Waals surface area contributed by atoms with Gasteiger partial charge in [0.2, 0.25) is 5.91 Å². The Morgan fingerprint density at radius 1 is 1.04 bits per heavy atom. The molecule has 1 saturated carbocycles. The number of H-pyrrole nitrogens is 1. The second-order valence-corrected chi connectivity index (χ2v) is 6.22. The topological polar surface area (TPSA) is 74.0 Å². The van der Waals surface area contributed by atoms with Crippen molar-refractivity contribution in [3.8, 4) is 0 Å². The van der Waals surface area contributed by atoms with E-state index in [4.69, 9.17) is 11.6 Å². The maximum Gasteiger partial charge on any atom is 0.286 e. The molecular weight excluding hydrogens is 314 g/mol. The first-order chi connectivity index (χ1) is 11.1. The van der Waals surface area contributed by atoms with Crippen LogP contribution < -0.4 is 10.9 Å². The van der Waals surface area contributed by atoms with E-state index < -0.39 is 5.41 Å². The van der Waals surface area contributed by atoms with Gasteiger partial charge in [-0.25, -0.2) is 0 Å². The van der Waals surface area contributed by atoms with Gasteiger partial charge < -0.3 is 4.98 Å². The Morgan fingerprint density at radius 3 is 2.35 bits per heavy atom. The van der Waals surface area contributed by atoms with Gasteiger partial charge in [-0.05, 0) is 42.7 Å². The monoisotopic (exact) mass is 331 g/mol. The molecule has 0 atom stereocenters. The van der Waals surface area contributed by atoms with Gasteiger partial charge in [-0.1, -0.05) is 36.6 Å². The zero-order valence-electron chi connectivity index (χ0n) is 12.6. The van der Waals surface area contributed by atoms with E-state index in [0.717, 1.165) is 31.2 Å². The number of hydrogen-bond acceptors (Lipinski definition) is 2. The number of carbonyl (C=O) groups excluding carboxylic acids is 2. The lowest BCUT2D eigenvalue weighted by Gasteiger charge is -2.28. The van der Waals surface area contributed by atoms with Crippen molar-refractivity contribution in [2.24, 2.45) is 0 Å². The van der Waals surface area contributed by atoms with Crippen LogP contribution in [0.4, 0.5) is 0 Å². The molecule has 6 heteroatoms. The quantitative estimate of drug-likeness (QED) is 0.756. The first kappa shape index (κ1) is 15.6. The molecule has 1 aliphatic rings. The first-order valence-electron chi connectivity index (χ1n) is 7.62. The predicted octanol–water partition coefficient (Wildman–Crippen LogP) is 2.94. The van der Waals surface area contributed by atoms with Gasteiger partial charge in [0.15, 0.2) is 0 Å². The number of benzene rings is 1. The van der Waals surface area contributed by atoms with Crippen LogP contribution in [0.2, 0.25) is 5.02 Å². The van der Waals surface area contributed by atoms with Crippen molar-refractivity contribution in [1.29, 1.82) is 0 Å². The SMILES string of the molecule is O=C(NNC(=O)C1(c2ccc(Cl)cc2)CCCC1)c1ccc[nH]1. The van der Waals surface area contributed by atoms with Crippen LogP contribution in [0.3, 0.4) is 0 Å². The van der Waals surface area contributed by atoms with Gasteiger partial charge in [0, 0.05) is 11.2 Å². The van der Waals surface area contributed by atoms with Gasteiger partial charge in [0.05, 0.1) is 5.41 Å². The molecule has 0 bridgehead atoms. The molecule has 3 N–H and O–H groups in total. The summed E-state index contributed by atoms with van der Waals surface area (Å²) in [5.41, 5.74) is 5.78. The van der Waals surface area contributed by atoms with Crippen LogP contribution in [-0.2, 0) is 10.2 Å². The summed E-state index contributed by atoms with van der Waals surface area (Å²) in [7, 11) is 0. The van der Waals surface area contributed by atoms with Crippen molar-refractivity contribution in [3.63, 3.8) is 0 Å². The Morgan fingerprint density at radius 2 is 1.74 bits per heavy atom. The van der Waals surface area contributed by atoms with E-state index in [0.29, 0.717) is 10.7 Å². The molecule has 3 rings (SSSR count). The predicted molar refractivity (Wildman–Crippen MR) is 88.0 cm³/mol. The molecule has 1 aliphatic carbocycles. The number of hydrazine groups is 1. The number of hydrogen-bond donors (Lipinski definition) is 3. The largest absolute Gasteiger partial charge is 0.357 e. The second-order valence-electron chi connectivity index (χ2n) is 5.79. The van der Waals surface area contributed by atoms with E-state index >= 15 is 0 Å². The number of rotatable bonds is 3. The third-order valence-electron chi connectivity index (χ3n) is 4.42. The van der Waals surface area contributed by atoms with Crippen LogP contribution in [0.5, 0.6) is 0 Å². The molecule has 5 nitrogen and oxygen atoms in total. The Balaban J connectivity index is 1.74. The summed E-state index contributed by atoms with van der Waals surface area (Å²) in [4.78, 5) is 27.5. The minimum Gasteiger partial charge on any atom is -0.357 e. The third-order valence-corrected chi connectivity index (χ3v) is 4.67. The molecular formula is C17H18ClN3O2. The van der Waals surface area contributed by atoms with Gasteiger partial charge in [0.25, 0.3) is 5.91 Å². The van der Waals surface area contributed by atoms with Crippen molar-refractivity contribution in [2.75, 3.05) is 0 Å². The molecule has 23 heavy (non-hydrogen) atoms. The van der Waals surface area contributed by atoms with Gasteiger partial charge in [0.1, 0.15) is 5.69 Å². The maximum atomic E-state index is 12.8. The number of aromatic amines is 1. The number of amides is 2. The van der Waals surface area contributed by atoms with Crippen molar-refractivity contribution in [3.05, 3.63) is 58.9 Å². The molecule has 1 fully saturated rings. The minimum atomic E-state index is -0.604. The van der Waals surface area contributed by atoms with Crippen LogP contribution in [0.25, 0.3) is 0 Å². The molecule has 0 saturated heterocycles. The highest BCUT2D eigenvalue weighted by Crippen LogP contribution is 2.41. The van der Waals surface area contributed by atoms with Crippen molar-refractivity contribution in [2.45, 2.75) is 31.1 Å². The highest BCUT2D eigenvalue weighted by atomic mass is 35.5. The van der Waals surface area contributed by atoms with Crippen LogP contribution in [-0.4, -0.2) is 16.8 Å². The zero-order chi connectivity index (χ0) is 16.3. The third kappa shape index (κ3) is 3.10. The van der Waals surface area contributed by atoms with Gasteiger partial charge >= 0.3 is 0 Å². The highest BCUT2D eigenvalue weighted by Gasteiger charge is 2.42. The van der Waals surface area contributed by atoms with Crippen LogP contribution >= 0.6 is 11.6 Å². The van der Waals surface area contributed by atoms with Crippen molar-refractivity contribution >= 4 is 23.4 Å². The van der Waals surface area contributed by atoms with Crippen molar-refractivity contribution in [1.82, 2.24) is 15.8 Å². The zero-order valence-corrected chi connectivity index (χ0v) is 13.3. The summed E-state index contributed by atoms with van der Waals surface area (Å²) in [6.07, 6.45) is 5.15. The Labute approximate surface area is 139 Å². The highest BCUT2D eigenvalue weighted by molar-refractivity contribution is 6.30. The lowest BCUT2D eigenvalue weighted by molar-refractivity contribution is -0.127. The summed E-state index contributed by atoms with van der Waals surface area (Å²) in [6, 6.07) is 10.7. The van der Waals surface area contributed by atoms with Gasteiger partial charge in [-0.15, -0.1) is 0 Å². The standard InChI is InChI=1S/C17H18ClN3O2/c18-13-7-5-12(6-8-13)17(9-1-2-10-17)16(23)21-20-15(22)14-4-3-11-19-14/h3-8,11,19H,1-2,9-10H2,(H,20,22)(H,21,23). The van der Waals surface area contributed by atoms with Crippen LogP contribution in [0.1, 0.15) is 41.7 Å². The lowest BCUT2D eigenvalue weighted by atomic mass is 9.78. The second kappa shape index (κ2) is 6.46. The first-order valence-corrected chi connectivity index (χ1v) is 8.00. The molecule has 2 amide bonds. The fourth-order valence-electron chi connectivity index (χ4n) is 3.17. The Bertz CT molecular complexity index is 689. The number of aromatic nitrogens is 1. The average molecular weight is 332 g/mol. The van der Waals surface area contributed by atoms with E-state index in [1.54, 1.807) is 30.5 Å². The minimum absolute atomic E-state index is 0.183. The molecule has 0 spiro atoms. The normalized spacial score (nSPS) is 16.0. The molecule has 1 aromatic carbocycles. The lowest BCUT2D eigenvalue weighted by Crippen LogP contribution is -2.50. The summed E-state index contributed by atoms with van der Waals surface area (Å²) < 4.78 is 0. The number of nitrogens with one attached hydrogen (secondary N) is 3. The average Bonchev–Trinajstić information content (AvgIpc) is 3.25. The van der Waals surface area contributed by atoms with E-state index in [9.17, 15) is 9.59 Å². The van der Waals surface area contributed by atoms with Crippen LogP contribution in [0.15, 0.2) is 42.6 Å². The van der Waals surface area contributed by atoms with E-state index in [1.807, 2.05) is 12.1 Å². The van der Waals surface area contributed by atoms with E-state index in [2.05, 4.69) is 15.8 Å². The smallest absolute Gasteiger partial charge is 0.286 e. The Hall–Kier alpha value is -2.27. The molecule has 0 aliphatic heterocycles. The Kier molecular flexibility index (Phi) is 4.39. The molecule has 120 valence electrons. The van der Waals surface area contributed by atoms with E-state index in [-0.39, 0.29) is 11.8 Å². The fraction of sp³-hybridized carbons (Fsp3) is 0.294. The summed E-state index contributed by atoms with van der Waals surface area (Å²) >= 11 is 5.94. The maximum absolute atomic E-state index is 12.8. The molecule has 2 aromatic rings. The summed E-state index contributed by atoms with van der Waals surface area (Å²) in [5, 5.41) is 0.641. The molecule has 0 unspecified atom stereocenters. The summed E-state index contributed by atoms with van der Waals surface area (Å²) in [6.45, 7) is 0. The molecule has 1 heterocycles. The summed E-state index contributed by atoms with van der Waals surface area (Å²) in [5.74, 6) is -0.551. The van der Waals surface area contributed by atoms with Gasteiger partial charge in [-0.2, -0.15) is 0 Å². The number of halogens is 1. The molecule has 0 radical (unpaired) electrons. The number of carbonyl (C=O) groups is 2. The fourth-order valence-corrected chi connectivity index (χ4v) is 3.29.